The van der Waals surface area contributed by atoms with E-state index in [1.807, 2.05) is 12.1 Å². The van der Waals surface area contributed by atoms with Crippen LogP contribution in [0.25, 0.3) is 0 Å². The lowest BCUT2D eigenvalue weighted by Crippen LogP contribution is -3.15. The number of amides is 1. The first-order chi connectivity index (χ1) is 13.7. The molecule has 6 heteroatoms. The zero-order valence-corrected chi connectivity index (χ0v) is 16.2. The molecule has 1 amide bonds. The van der Waals surface area contributed by atoms with Crippen LogP contribution in [0.15, 0.2) is 48.5 Å². The van der Waals surface area contributed by atoms with Crippen molar-refractivity contribution in [1.29, 1.82) is 0 Å². The third kappa shape index (κ3) is 5.53. The first-order valence-corrected chi connectivity index (χ1v) is 9.73. The number of carbonyl (C=O) groups excluding carboxylic acids is 1. The smallest absolute Gasteiger partial charge is 0.220 e. The number of morpholine rings is 1. The molecule has 1 fully saturated rings. The Bertz CT molecular complexity index is 761. The van der Waals surface area contributed by atoms with E-state index in [9.17, 15) is 9.18 Å². The molecule has 1 aliphatic rings. The summed E-state index contributed by atoms with van der Waals surface area (Å²) in [6.07, 6.45) is 0.671. The summed E-state index contributed by atoms with van der Waals surface area (Å²) in [5.41, 5.74) is 1.73. The zero-order chi connectivity index (χ0) is 19.8. The predicted molar refractivity (Wildman–Crippen MR) is 105 cm³/mol. The van der Waals surface area contributed by atoms with Gasteiger partial charge in [0.2, 0.25) is 5.91 Å². The van der Waals surface area contributed by atoms with Crippen molar-refractivity contribution < 1.29 is 23.6 Å². The number of aryl methyl sites for hydroxylation is 1. The van der Waals surface area contributed by atoms with Crippen LogP contribution in [0.2, 0.25) is 0 Å². The molecule has 0 bridgehead atoms. The molecule has 1 heterocycles. The second kappa shape index (κ2) is 10.2. The molecule has 2 aromatic carbocycles. The number of ether oxygens (including phenoxy) is 2. The van der Waals surface area contributed by atoms with Crippen molar-refractivity contribution in [3.63, 3.8) is 0 Å². The van der Waals surface area contributed by atoms with Crippen molar-refractivity contribution in [2.24, 2.45) is 0 Å². The minimum absolute atomic E-state index is 0.0607. The topological polar surface area (TPSA) is 52.0 Å². The van der Waals surface area contributed by atoms with Gasteiger partial charge in [-0.25, -0.2) is 4.39 Å². The van der Waals surface area contributed by atoms with Gasteiger partial charge < -0.3 is 19.7 Å². The van der Waals surface area contributed by atoms with Crippen molar-refractivity contribution in [3.8, 4) is 5.75 Å². The number of hydrogen-bond acceptors (Lipinski definition) is 3. The van der Waals surface area contributed by atoms with E-state index in [1.54, 1.807) is 25.3 Å². The van der Waals surface area contributed by atoms with Crippen LogP contribution in [0.3, 0.4) is 0 Å². The Hall–Kier alpha value is -2.44. The number of rotatable bonds is 8. The monoisotopic (exact) mass is 387 g/mol. The van der Waals surface area contributed by atoms with E-state index in [0.717, 1.165) is 37.6 Å². The molecule has 3 rings (SSSR count). The quantitative estimate of drug-likeness (QED) is 0.723. The van der Waals surface area contributed by atoms with Gasteiger partial charge in [0.25, 0.3) is 0 Å². The van der Waals surface area contributed by atoms with Crippen LogP contribution < -0.4 is 15.0 Å². The molecule has 0 aromatic heterocycles. The van der Waals surface area contributed by atoms with Crippen LogP contribution in [0, 0.1) is 5.82 Å². The van der Waals surface area contributed by atoms with Gasteiger partial charge in [-0.1, -0.05) is 18.2 Å². The molecule has 0 aliphatic carbocycles. The minimum Gasteiger partial charge on any atom is -0.497 e. The molecule has 2 aromatic rings. The molecule has 1 atom stereocenters. The first-order valence-electron chi connectivity index (χ1n) is 9.73. The molecule has 0 radical (unpaired) electrons. The Balaban J connectivity index is 1.60. The van der Waals surface area contributed by atoms with Crippen molar-refractivity contribution in [1.82, 2.24) is 5.32 Å². The molecule has 5 nitrogen and oxygen atoms in total. The van der Waals surface area contributed by atoms with Gasteiger partial charge in [0, 0.05) is 12.0 Å². The summed E-state index contributed by atoms with van der Waals surface area (Å²) in [4.78, 5) is 13.8. The van der Waals surface area contributed by atoms with Crippen LogP contribution in [-0.4, -0.2) is 45.9 Å². The highest BCUT2D eigenvalue weighted by Gasteiger charge is 2.26. The van der Waals surface area contributed by atoms with Crippen molar-refractivity contribution >= 4 is 5.91 Å². The maximum Gasteiger partial charge on any atom is 0.220 e. The van der Waals surface area contributed by atoms with E-state index in [-0.39, 0.29) is 24.2 Å². The SMILES string of the molecule is COc1ccc([C@@H](CNC(=O)CCc2ccccc2F)[NH+]2CCOCC2)cc1. The van der Waals surface area contributed by atoms with Gasteiger partial charge in [-0.2, -0.15) is 0 Å². The van der Waals surface area contributed by atoms with Crippen LogP contribution in [-0.2, 0) is 16.0 Å². The largest absolute Gasteiger partial charge is 0.497 e. The fourth-order valence-electron chi connectivity index (χ4n) is 3.57. The number of nitrogens with one attached hydrogen (secondary N) is 2. The average Bonchev–Trinajstić information content (AvgIpc) is 2.74. The summed E-state index contributed by atoms with van der Waals surface area (Å²) in [5, 5.41) is 3.04. The van der Waals surface area contributed by atoms with E-state index in [0.29, 0.717) is 18.5 Å². The number of benzene rings is 2. The number of methoxy groups -OCH3 is 1. The van der Waals surface area contributed by atoms with E-state index in [4.69, 9.17) is 9.47 Å². The van der Waals surface area contributed by atoms with Crippen LogP contribution >= 0.6 is 0 Å². The lowest BCUT2D eigenvalue weighted by atomic mass is 10.0. The number of quaternary nitrogens is 1. The fraction of sp³-hybridized carbons (Fsp3) is 0.409. The normalized spacial score (nSPS) is 15.8. The molecule has 28 heavy (non-hydrogen) atoms. The zero-order valence-electron chi connectivity index (χ0n) is 16.2. The highest BCUT2D eigenvalue weighted by molar-refractivity contribution is 5.76. The van der Waals surface area contributed by atoms with Crippen LogP contribution in [0.4, 0.5) is 4.39 Å². The Morgan fingerprint density at radius 3 is 2.57 bits per heavy atom. The summed E-state index contributed by atoms with van der Waals surface area (Å²) in [5.74, 6) is 0.493. The summed E-state index contributed by atoms with van der Waals surface area (Å²) in [7, 11) is 1.65. The van der Waals surface area contributed by atoms with Gasteiger partial charge >= 0.3 is 0 Å². The second-order valence-electron chi connectivity index (χ2n) is 6.99. The van der Waals surface area contributed by atoms with E-state index in [1.165, 1.54) is 11.0 Å². The Morgan fingerprint density at radius 2 is 1.89 bits per heavy atom. The predicted octanol–water partition coefficient (Wildman–Crippen LogP) is 1.54. The number of carbonyl (C=O) groups is 1. The van der Waals surface area contributed by atoms with Crippen molar-refractivity contribution in [3.05, 3.63) is 65.5 Å². The third-order valence-electron chi connectivity index (χ3n) is 5.23. The van der Waals surface area contributed by atoms with Gasteiger partial charge in [0.05, 0.1) is 26.9 Å². The fourth-order valence-corrected chi connectivity index (χ4v) is 3.57. The molecule has 0 unspecified atom stereocenters. The maximum atomic E-state index is 13.7. The Kier molecular flexibility index (Phi) is 7.39. The number of halogens is 1. The van der Waals surface area contributed by atoms with Gasteiger partial charge in [-0.15, -0.1) is 0 Å². The molecule has 0 saturated carbocycles. The summed E-state index contributed by atoms with van der Waals surface area (Å²) < 4.78 is 24.5. The first kappa shape index (κ1) is 20.3. The van der Waals surface area contributed by atoms with E-state index in [2.05, 4.69) is 17.4 Å². The van der Waals surface area contributed by atoms with E-state index >= 15 is 0 Å². The Morgan fingerprint density at radius 1 is 1.18 bits per heavy atom. The highest BCUT2D eigenvalue weighted by Crippen LogP contribution is 2.16. The lowest BCUT2D eigenvalue weighted by molar-refractivity contribution is -0.937. The molecule has 2 N–H and O–H groups in total. The molecule has 1 saturated heterocycles. The average molecular weight is 387 g/mol. The van der Waals surface area contributed by atoms with Gasteiger partial charge in [0.15, 0.2) is 0 Å². The Labute approximate surface area is 165 Å². The molecular weight excluding hydrogens is 359 g/mol. The molecular formula is C22H28FN2O3+. The van der Waals surface area contributed by atoms with Crippen LogP contribution in [0.1, 0.15) is 23.6 Å². The van der Waals surface area contributed by atoms with Gasteiger partial charge in [0.1, 0.15) is 30.7 Å². The molecule has 0 spiro atoms. The van der Waals surface area contributed by atoms with E-state index < -0.39 is 0 Å². The lowest BCUT2D eigenvalue weighted by Gasteiger charge is -2.32. The van der Waals surface area contributed by atoms with Gasteiger partial charge in [-0.3, -0.25) is 4.79 Å². The molecule has 150 valence electrons. The summed E-state index contributed by atoms with van der Waals surface area (Å²) >= 11 is 0. The van der Waals surface area contributed by atoms with Crippen LogP contribution in [0.5, 0.6) is 5.75 Å². The second-order valence-corrected chi connectivity index (χ2v) is 6.99. The standard InChI is InChI=1S/C22H27FN2O3/c1-27-19-9-6-18(7-10-19)21(25-12-14-28-15-13-25)16-24-22(26)11-8-17-4-2-3-5-20(17)23/h2-7,9-10,21H,8,11-16H2,1H3,(H,24,26)/p+1/t21-/m1/s1. The van der Waals surface area contributed by atoms with Crippen molar-refractivity contribution in [2.75, 3.05) is 40.0 Å². The number of hydrogen-bond donors (Lipinski definition) is 2. The minimum atomic E-state index is -0.260. The summed E-state index contributed by atoms with van der Waals surface area (Å²) in [6.45, 7) is 3.80. The summed E-state index contributed by atoms with van der Waals surface area (Å²) in [6, 6.07) is 14.7. The maximum absolute atomic E-state index is 13.7. The molecule has 1 aliphatic heterocycles. The third-order valence-corrected chi connectivity index (χ3v) is 5.23. The van der Waals surface area contributed by atoms with Gasteiger partial charge in [-0.05, 0) is 42.3 Å². The highest BCUT2D eigenvalue weighted by atomic mass is 19.1. The van der Waals surface area contributed by atoms with Crippen molar-refractivity contribution in [2.45, 2.75) is 18.9 Å².